The number of hydrogen-bond acceptors (Lipinski definition) is 5. The molecule has 1 atom stereocenters. The maximum absolute atomic E-state index is 15.1. The summed E-state index contributed by atoms with van der Waals surface area (Å²) in [5.74, 6) is -2.27. The van der Waals surface area contributed by atoms with Crippen molar-refractivity contribution in [2.75, 3.05) is 18.0 Å². The van der Waals surface area contributed by atoms with Gasteiger partial charge in [-0.3, -0.25) is 4.79 Å². The molecule has 0 amide bonds. The zero-order valence-electron chi connectivity index (χ0n) is 13.5. The van der Waals surface area contributed by atoms with Crippen LogP contribution in [0.1, 0.15) is 13.3 Å². The molecule has 0 saturated carbocycles. The van der Waals surface area contributed by atoms with Crippen LogP contribution < -0.4 is 20.8 Å². The fourth-order valence-electron chi connectivity index (χ4n) is 3.15. The molecule has 0 radical (unpaired) electrons. The van der Waals surface area contributed by atoms with Crippen molar-refractivity contribution in [1.29, 1.82) is 0 Å². The van der Waals surface area contributed by atoms with Crippen LogP contribution in [-0.4, -0.2) is 35.0 Å². The smallest absolute Gasteiger partial charge is 0.449 e. The summed E-state index contributed by atoms with van der Waals surface area (Å²) in [5.41, 5.74) is 4.60. The van der Waals surface area contributed by atoms with Gasteiger partial charge in [0.2, 0.25) is 5.43 Å². The van der Waals surface area contributed by atoms with Gasteiger partial charge in [0, 0.05) is 25.7 Å². The van der Waals surface area contributed by atoms with Gasteiger partial charge in [-0.25, -0.2) is 13.6 Å². The monoisotopic (exact) mass is 353 g/mol. The Hall–Kier alpha value is -2.68. The van der Waals surface area contributed by atoms with E-state index in [0.29, 0.717) is 19.5 Å². The molecule has 1 aliphatic rings. The summed E-state index contributed by atoms with van der Waals surface area (Å²) >= 11 is 0. The largest absolute Gasteiger partial charge is 0.511 e. The van der Waals surface area contributed by atoms with Gasteiger partial charge in [-0.2, -0.15) is 0 Å². The van der Waals surface area contributed by atoms with Crippen LogP contribution in [0.3, 0.4) is 0 Å². The molecular formula is C16H17F2N3O4. The number of aryl methyl sites for hydroxylation is 1. The quantitative estimate of drug-likeness (QED) is 0.818. The van der Waals surface area contributed by atoms with Crippen LogP contribution in [0.5, 0.6) is 5.75 Å². The van der Waals surface area contributed by atoms with E-state index in [1.165, 1.54) is 9.47 Å². The van der Waals surface area contributed by atoms with Crippen molar-refractivity contribution in [2.24, 2.45) is 5.73 Å². The molecule has 0 aliphatic carbocycles. The normalized spacial score (nSPS) is 17.3. The first-order valence-electron chi connectivity index (χ1n) is 7.80. The number of carbonyl (C=O) groups is 1. The topological polar surface area (TPSA) is 97.8 Å². The second-order valence-electron chi connectivity index (χ2n) is 5.89. The molecule has 3 rings (SSSR count). The van der Waals surface area contributed by atoms with Crippen molar-refractivity contribution in [3.05, 3.63) is 34.1 Å². The Balaban J connectivity index is 2.28. The second-order valence-corrected chi connectivity index (χ2v) is 5.89. The Kier molecular flexibility index (Phi) is 4.34. The molecular weight excluding hydrogens is 336 g/mol. The average molecular weight is 353 g/mol. The van der Waals surface area contributed by atoms with Crippen molar-refractivity contribution in [3.8, 4) is 5.75 Å². The molecule has 1 unspecified atom stereocenters. The van der Waals surface area contributed by atoms with E-state index in [1.54, 1.807) is 6.92 Å². The summed E-state index contributed by atoms with van der Waals surface area (Å²) in [4.78, 5) is 24.6. The van der Waals surface area contributed by atoms with Crippen molar-refractivity contribution >= 4 is 22.7 Å². The van der Waals surface area contributed by atoms with E-state index in [-0.39, 0.29) is 29.2 Å². The highest BCUT2D eigenvalue weighted by molar-refractivity contribution is 5.85. The summed E-state index contributed by atoms with van der Waals surface area (Å²) in [6.45, 7) is 2.64. The third-order valence-corrected chi connectivity index (χ3v) is 4.28. The van der Waals surface area contributed by atoms with Gasteiger partial charge in [0.25, 0.3) is 0 Å². The molecule has 1 aromatic carbocycles. The third-order valence-electron chi connectivity index (χ3n) is 4.28. The van der Waals surface area contributed by atoms with Crippen LogP contribution in [0.15, 0.2) is 17.1 Å². The lowest BCUT2D eigenvalue weighted by Crippen LogP contribution is -2.28. The number of anilines is 1. The minimum absolute atomic E-state index is 0.0953. The second kappa shape index (κ2) is 6.32. The van der Waals surface area contributed by atoms with Gasteiger partial charge in [0.05, 0.1) is 17.1 Å². The summed E-state index contributed by atoms with van der Waals surface area (Å²) in [6.07, 6.45) is 0.0463. The van der Waals surface area contributed by atoms with Gasteiger partial charge in [0.1, 0.15) is 11.5 Å². The van der Waals surface area contributed by atoms with Gasteiger partial charge in [-0.1, -0.05) is 0 Å². The number of benzene rings is 1. The maximum Gasteiger partial charge on any atom is 0.511 e. The Morgan fingerprint density at radius 2 is 2.20 bits per heavy atom. The summed E-state index contributed by atoms with van der Waals surface area (Å²) < 4.78 is 35.4. The van der Waals surface area contributed by atoms with E-state index >= 15 is 4.39 Å². The third kappa shape index (κ3) is 2.91. The molecule has 1 aromatic heterocycles. The molecule has 1 aliphatic heterocycles. The number of hydrogen-bond donors (Lipinski definition) is 2. The zero-order valence-corrected chi connectivity index (χ0v) is 13.5. The van der Waals surface area contributed by atoms with Gasteiger partial charge in [0.15, 0.2) is 11.6 Å². The Bertz CT molecular complexity index is 913. The number of rotatable bonds is 3. The van der Waals surface area contributed by atoms with E-state index in [0.717, 1.165) is 12.3 Å². The van der Waals surface area contributed by atoms with E-state index in [4.69, 9.17) is 10.8 Å². The Morgan fingerprint density at radius 3 is 2.76 bits per heavy atom. The maximum atomic E-state index is 15.1. The Labute approximate surface area is 141 Å². The minimum atomic E-state index is -1.68. The predicted molar refractivity (Wildman–Crippen MR) is 87.3 cm³/mol. The number of nitrogens with zero attached hydrogens (tertiary/aromatic N) is 2. The number of nitrogens with two attached hydrogens (primary N) is 1. The molecule has 7 nitrogen and oxygen atoms in total. The highest BCUT2D eigenvalue weighted by atomic mass is 19.1. The van der Waals surface area contributed by atoms with Gasteiger partial charge in [-0.05, 0) is 19.4 Å². The SMILES string of the molecule is CCn1cc(OC(=O)O)c(=O)c2cc(F)c(N3CCC(N)C3)c(F)c21. The van der Waals surface area contributed by atoms with E-state index in [2.05, 4.69) is 4.74 Å². The van der Waals surface area contributed by atoms with Crippen LogP contribution >= 0.6 is 0 Å². The van der Waals surface area contributed by atoms with Crippen LogP contribution in [0.4, 0.5) is 19.3 Å². The number of pyridine rings is 1. The van der Waals surface area contributed by atoms with Crippen LogP contribution in [-0.2, 0) is 6.54 Å². The fourth-order valence-corrected chi connectivity index (χ4v) is 3.15. The highest BCUT2D eigenvalue weighted by Crippen LogP contribution is 2.32. The van der Waals surface area contributed by atoms with Crippen LogP contribution in [0, 0.1) is 11.6 Å². The van der Waals surface area contributed by atoms with Crippen molar-refractivity contribution in [1.82, 2.24) is 4.57 Å². The lowest BCUT2D eigenvalue weighted by Gasteiger charge is -2.22. The van der Waals surface area contributed by atoms with E-state index < -0.39 is 29.0 Å². The number of ether oxygens (including phenoxy) is 1. The molecule has 1 fully saturated rings. The lowest BCUT2D eigenvalue weighted by atomic mass is 10.1. The van der Waals surface area contributed by atoms with Gasteiger partial charge < -0.3 is 25.0 Å². The molecule has 2 heterocycles. The van der Waals surface area contributed by atoms with Gasteiger partial charge in [-0.15, -0.1) is 0 Å². The number of aromatic nitrogens is 1. The number of halogens is 2. The van der Waals surface area contributed by atoms with E-state index in [1.807, 2.05) is 0 Å². The Morgan fingerprint density at radius 1 is 1.48 bits per heavy atom. The molecule has 25 heavy (non-hydrogen) atoms. The van der Waals surface area contributed by atoms with Crippen molar-refractivity contribution < 1.29 is 23.4 Å². The molecule has 3 N–H and O–H groups in total. The first kappa shape index (κ1) is 17.2. The lowest BCUT2D eigenvalue weighted by molar-refractivity contribution is 0.144. The minimum Gasteiger partial charge on any atom is -0.449 e. The zero-order chi connectivity index (χ0) is 18.3. The standard InChI is InChI=1S/C16H17F2N3O4/c1-2-20-7-11(25-16(23)24)15(22)9-5-10(17)14(12(18)13(9)20)21-4-3-8(19)6-21/h5,7-8H,2-4,6,19H2,1H3,(H,23,24). The highest BCUT2D eigenvalue weighted by Gasteiger charge is 2.28. The molecule has 134 valence electrons. The molecule has 0 spiro atoms. The van der Waals surface area contributed by atoms with Crippen molar-refractivity contribution in [2.45, 2.75) is 25.9 Å². The van der Waals surface area contributed by atoms with Crippen molar-refractivity contribution in [3.63, 3.8) is 0 Å². The molecule has 1 saturated heterocycles. The summed E-state index contributed by atoms with van der Waals surface area (Å²) in [5, 5.41) is 8.44. The molecule has 2 aromatic rings. The summed E-state index contributed by atoms with van der Waals surface area (Å²) in [7, 11) is 0. The van der Waals surface area contributed by atoms with Crippen LogP contribution in [0.2, 0.25) is 0 Å². The molecule has 9 heteroatoms. The fraction of sp³-hybridized carbons (Fsp3) is 0.375. The number of fused-ring (bicyclic) bond motifs is 1. The van der Waals surface area contributed by atoms with Gasteiger partial charge >= 0.3 is 6.16 Å². The first-order valence-corrected chi connectivity index (χ1v) is 7.80. The number of carboxylic acid groups (broad SMARTS) is 1. The van der Waals surface area contributed by atoms with Crippen LogP contribution in [0.25, 0.3) is 10.9 Å². The predicted octanol–water partition coefficient (Wildman–Crippen LogP) is 1.89. The summed E-state index contributed by atoms with van der Waals surface area (Å²) in [6, 6.07) is 0.745. The van der Waals surface area contributed by atoms with E-state index in [9.17, 15) is 14.0 Å². The average Bonchev–Trinajstić information content (AvgIpc) is 2.96. The molecule has 0 bridgehead atoms. The first-order chi connectivity index (χ1) is 11.8.